The molecule has 0 fully saturated rings. The summed E-state index contributed by atoms with van der Waals surface area (Å²) in [5.74, 6) is 0.674. The van der Waals surface area contributed by atoms with Crippen LogP contribution in [0.25, 0.3) is 11.1 Å². The number of benzene rings is 1. The summed E-state index contributed by atoms with van der Waals surface area (Å²) in [6.45, 7) is 5.50. The molecule has 0 amide bonds. The third-order valence-corrected chi connectivity index (χ3v) is 2.94. The van der Waals surface area contributed by atoms with E-state index in [1.807, 2.05) is 12.1 Å². The molecule has 18 heavy (non-hydrogen) atoms. The molecular weight excluding hydrogens is 229 g/mol. The maximum absolute atomic E-state index is 13.6. The maximum Gasteiger partial charge on any atom is 0.126 e. The lowest BCUT2D eigenvalue weighted by molar-refractivity contribution is 0.484. The summed E-state index contributed by atoms with van der Waals surface area (Å²) < 4.78 is 19.0. The van der Waals surface area contributed by atoms with Crippen LogP contribution in [-0.2, 0) is 6.54 Å². The van der Waals surface area contributed by atoms with Crippen LogP contribution in [0.3, 0.4) is 0 Å². The highest BCUT2D eigenvalue weighted by Gasteiger charge is 2.09. The molecule has 0 bridgehead atoms. The maximum atomic E-state index is 13.6. The Morgan fingerprint density at radius 3 is 2.83 bits per heavy atom. The smallest absolute Gasteiger partial charge is 0.126 e. The van der Waals surface area contributed by atoms with Gasteiger partial charge in [0.1, 0.15) is 11.6 Å². The molecule has 2 aromatic rings. The number of rotatable bonds is 5. The molecule has 0 atom stereocenters. The lowest BCUT2D eigenvalue weighted by Gasteiger charge is -2.05. The van der Waals surface area contributed by atoms with Crippen LogP contribution in [-0.4, -0.2) is 6.54 Å². The van der Waals surface area contributed by atoms with E-state index in [2.05, 4.69) is 12.2 Å². The summed E-state index contributed by atoms with van der Waals surface area (Å²) in [5.41, 5.74) is 2.48. The van der Waals surface area contributed by atoms with E-state index in [0.717, 1.165) is 29.9 Å². The predicted molar refractivity (Wildman–Crippen MR) is 70.8 cm³/mol. The van der Waals surface area contributed by atoms with E-state index in [4.69, 9.17) is 4.42 Å². The Kier molecular flexibility index (Phi) is 4.15. The van der Waals surface area contributed by atoms with Crippen molar-refractivity contribution in [1.29, 1.82) is 0 Å². The second-order valence-electron chi connectivity index (χ2n) is 4.40. The van der Waals surface area contributed by atoms with Gasteiger partial charge in [-0.05, 0) is 43.1 Å². The molecule has 1 heterocycles. The van der Waals surface area contributed by atoms with Crippen molar-refractivity contribution < 1.29 is 8.81 Å². The minimum Gasteiger partial charge on any atom is -0.467 e. The normalized spacial score (nSPS) is 10.8. The van der Waals surface area contributed by atoms with Crippen LogP contribution in [0.5, 0.6) is 0 Å². The molecule has 3 heteroatoms. The van der Waals surface area contributed by atoms with E-state index in [0.29, 0.717) is 12.1 Å². The molecule has 0 unspecified atom stereocenters. The molecular formula is C15H18FNO. The molecule has 0 aliphatic rings. The Bertz CT molecular complexity index is 519. The Morgan fingerprint density at radius 2 is 2.11 bits per heavy atom. The Labute approximate surface area is 107 Å². The van der Waals surface area contributed by atoms with Crippen LogP contribution in [0.4, 0.5) is 4.39 Å². The fourth-order valence-electron chi connectivity index (χ4n) is 1.87. The zero-order valence-corrected chi connectivity index (χ0v) is 10.8. The quantitative estimate of drug-likeness (QED) is 0.811. The van der Waals surface area contributed by atoms with Crippen molar-refractivity contribution in [3.8, 4) is 11.1 Å². The number of furan rings is 1. The first-order chi connectivity index (χ1) is 8.72. The lowest BCUT2D eigenvalue weighted by atomic mass is 10.0. The molecule has 0 radical (unpaired) electrons. The number of halogens is 1. The SMILES string of the molecule is CCCNCc1occc1-c1ccc(C)c(F)c1. The average Bonchev–Trinajstić information content (AvgIpc) is 2.81. The van der Waals surface area contributed by atoms with Crippen LogP contribution in [0.1, 0.15) is 24.7 Å². The number of hydrogen-bond acceptors (Lipinski definition) is 2. The van der Waals surface area contributed by atoms with Gasteiger partial charge < -0.3 is 9.73 Å². The summed E-state index contributed by atoms with van der Waals surface area (Å²) >= 11 is 0. The van der Waals surface area contributed by atoms with Crippen molar-refractivity contribution in [3.63, 3.8) is 0 Å². The highest BCUT2D eigenvalue weighted by Crippen LogP contribution is 2.26. The van der Waals surface area contributed by atoms with Crippen LogP contribution < -0.4 is 5.32 Å². The number of hydrogen-bond donors (Lipinski definition) is 1. The van der Waals surface area contributed by atoms with Gasteiger partial charge in [0.2, 0.25) is 0 Å². The molecule has 2 rings (SSSR count). The minimum atomic E-state index is -0.179. The first-order valence-electron chi connectivity index (χ1n) is 6.26. The fourth-order valence-corrected chi connectivity index (χ4v) is 1.87. The predicted octanol–water partition coefficient (Wildman–Crippen LogP) is 3.89. The van der Waals surface area contributed by atoms with Crippen LogP contribution in [0.15, 0.2) is 34.9 Å². The van der Waals surface area contributed by atoms with Crippen molar-refractivity contribution >= 4 is 0 Å². The summed E-state index contributed by atoms with van der Waals surface area (Å²) in [5, 5.41) is 3.29. The van der Waals surface area contributed by atoms with Gasteiger partial charge in [0.05, 0.1) is 12.8 Å². The highest BCUT2D eigenvalue weighted by atomic mass is 19.1. The molecule has 1 N–H and O–H groups in total. The molecule has 1 aromatic heterocycles. The Morgan fingerprint density at radius 1 is 1.28 bits per heavy atom. The average molecular weight is 247 g/mol. The molecule has 0 aliphatic heterocycles. The van der Waals surface area contributed by atoms with Crippen molar-refractivity contribution in [3.05, 3.63) is 47.7 Å². The van der Waals surface area contributed by atoms with E-state index in [1.54, 1.807) is 25.3 Å². The molecule has 0 saturated heterocycles. The first kappa shape index (κ1) is 12.8. The van der Waals surface area contributed by atoms with Crippen molar-refractivity contribution in [2.45, 2.75) is 26.8 Å². The molecule has 1 aromatic carbocycles. The topological polar surface area (TPSA) is 25.2 Å². The summed E-state index contributed by atoms with van der Waals surface area (Å²) in [4.78, 5) is 0. The number of aryl methyl sites for hydroxylation is 1. The minimum absolute atomic E-state index is 0.179. The van der Waals surface area contributed by atoms with Gasteiger partial charge in [-0.2, -0.15) is 0 Å². The van der Waals surface area contributed by atoms with E-state index in [-0.39, 0.29) is 5.82 Å². The first-order valence-corrected chi connectivity index (χ1v) is 6.26. The highest BCUT2D eigenvalue weighted by molar-refractivity contribution is 5.65. The van der Waals surface area contributed by atoms with Crippen LogP contribution in [0.2, 0.25) is 0 Å². The summed E-state index contributed by atoms with van der Waals surface area (Å²) in [6.07, 6.45) is 2.73. The largest absolute Gasteiger partial charge is 0.467 e. The summed E-state index contributed by atoms with van der Waals surface area (Å²) in [6, 6.07) is 7.16. The Balaban J connectivity index is 2.22. The van der Waals surface area contributed by atoms with Gasteiger partial charge in [-0.25, -0.2) is 4.39 Å². The third-order valence-electron chi connectivity index (χ3n) is 2.94. The number of nitrogens with one attached hydrogen (secondary N) is 1. The van der Waals surface area contributed by atoms with Gasteiger partial charge in [0, 0.05) is 5.56 Å². The van der Waals surface area contributed by atoms with Crippen LogP contribution in [0, 0.1) is 12.7 Å². The molecule has 2 nitrogen and oxygen atoms in total. The van der Waals surface area contributed by atoms with Gasteiger partial charge in [0.15, 0.2) is 0 Å². The molecule has 96 valence electrons. The third kappa shape index (κ3) is 2.79. The lowest BCUT2D eigenvalue weighted by Crippen LogP contribution is -2.13. The second kappa shape index (κ2) is 5.83. The van der Waals surface area contributed by atoms with E-state index < -0.39 is 0 Å². The summed E-state index contributed by atoms with van der Waals surface area (Å²) in [7, 11) is 0. The molecule has 0 spiro atoms. The van der Waals surface area contributed by atoms with E-state index in [9.17, 15) is 4.39 Å². The molecule has 0 aliphatic carbocycles. The van der Waals surface area contributed by atoms with Gasteiger partial charge in [-0.15, -0.1) is 0 Å². The zero-order chi connectivity index (χ0) is 13.0. The van der Waals surface area contributed by atoms with E-state index >= 15 is 0 Å². The van der Waals surface area contributed by atoms with E-state index in [1.165, 1.54) is 0 Å². The monoisotopic (exact) mass is 247 g/mol. The van der Waals surface area contributed by atoms with Crippen molar-refractivity contribution in [2.24, 2.45) is 0 Å². The van der Waals surface area contributed by atoms with Gasteiger partial charge >= 0.3 is 0 Å². The van der Waals surface area contributed by atoms with Gasteiger partial charge in [-0.3, -0.25) is 0 Å². The standard InChI is InChI=1S/C15H18FNO/c1-3-7-17-10-15-13(6-8-18-15)12-5-4-11(2)14(16)9-12/h4-6,8-9,17H,3,7,10H2,1-2H3. The second-order valence-corrected chi connectivity index (χ2v) is 4.40. The fraction of sp³-hybridized carbons (Fsp3) is 0.333. The Hall–Kier alpha value is -1.61. The van der Waals surface area contributed by atoms with Gasteiger partial charge in [0.25, 0.3) is 0 Å². The van der Waals surface area contributed by atoms with Crippen molar-refractivity contribution in [1.82, 2.24) is 5.32 Å². The molecule has 0 saturated carbocycles. The van der Waals surface area contributed by atoms with Gasteiger partial charge in [-0.1, -0.05) is 19.1 Å². The van der Waals surface area contributed by atoms with Crippen LogP contribution >= 0.6 is 0 Å². The van der Waals surface area contributed by atoms with Crippen molar-refractivity contribution in [2.75, 3.05) is 6.54 Å². The zero-order valence-electron chi connectivity index (χ0n) is 10.8.